The highest BCUT2D eigenvalue weighted by Gasteiger charge is 2.16. The zero-order valence-corrected chi connectivity index (χ0v) is 16.6. The minimum atomic E-state index is -0.151. The molecular formula is C23H16N4O2S. The van der Waals surface area contributed by atoms with Crippen LogP contribution in [0.4, 0.5) is 0 Å². The number of hydrogen-bond donors (Lipinski definition) is 1. The maximum atomic E-state index is 12.6. The second-order valence-corrected chi connectivity index (χ2v) is 7.55. The molecule has 30 heavy (non-hydrogen) atoms. The van der Waals surface area contributed by atoms with Crippen LogP contribution >= 0.6 is 11.3 Å². The van der Waals surface area contributed by atoms with Gasteiger partial charge in [0.2, 0.25) is 0 Å². The fraction of sp³-hybridized carbons (Fsp3) is 0.0435. The molecule has 7 heteroatoms. The van der Waals surface area contributed by atoms with Crippen molar-refractivity contribution in [2.45, 2.75) is 6.54 Å². The zero-order chi connectivity index (χ0) is 20.3. The van der Waals surface area contributed by atoms with E-state index in [0.29, 0.717) is 29.1 Å². The van der Waals surface area contributed by atoms with Crippen molar-refractivity contribution in [3.8, 4) is 22.0 Å². The lowest BCUT2D eigenvalue weighted by molar-refractivity contribution is 0.0951. The summed E-state index contributed by atoms with van der Waals surface area (Å²) in [5.74, 6) is -0.151. The Morgan fingerprint density at radius 3 is 2.80 bits per heavy atom. The number of benzene rings is 2. The van der Waals surface area contributed by atoms with Gasteiger partial charge in [-0.3, -0.25) is 9.78 Å². The number of pyridine rings is 1. The van der Waals surface area contributed by atoms with E-state index >= 15 is 0 Å². The van der Waals surface area contributed by atoms with Crippen molar-refractivity contribution in [1.29, 1.82) is 0 Å². The van der Waals surface area contributed by atoms with Crippen molar-refractivity contribution in [3.63, 3.8) is 0 Å². The zero-order valence-electron chi connectivity index (χ0n) is 15.8. The normalized spacial score (nSPS) is 10.9. The Hall–Kier alpha value is -3.84. The summed E-state index contributed by atoms with van der Waals surface area (Å²) in [4.78, 5) is 21.5. The summed E-state index contributed by atoms with van der Waals surface area (Å²) in [7, 11) is 0. The molecule has 0 bridgehead atoms. The second kappa shape index (κ2) is 7.88. The maximum absolute atomic E-state index is 12.6. The van der Waals surface area contributed by atoms with E-state index < -0.39 is 0 Å². The van der Waals surface area contributed by atoms with Crippen molar-refractivity contribution in [2.75, 3.05) is 0 Å². The highest BCUT2D eigenvalue weighted by Crippen LogP contribution is 2.32. The Balaban J connectivity index is 1.42. The van der Waals surface area contributed by atoms with Crippen LogP contribution in [-0.2, 0) is 6.54 Å². The molecule has 146 valence electrons. The topological polar surface area (TPSA) is 80.9 Å². The summed E-state index contributed by atoms with van der Waals surface area (Å²) in [5, 5.41) is 10.7. The molecule has 0 radical (unpaired) electrons. The first-order valence-corrected chi connectivity index (χ1v) is 10.2. The fourth-order valence-electron chi connectivity index (χ4n) is 3.15. The SMILES string of the molecule is O=C(NCc1ccccc1)c1ccc2onc(-c3csc(-c4cccnc4)n3)c2c1. The molecule has 5 rings (SSSR count). The van der Waals surface area contributed by atoms with Crippen LogP contribution in [-0.4, -0.2) is 21.0 Å². The molecule has 0 atom stereocenters. The molecular weight excluding hydrogens is 396 g/mol. The van der Waals surface area contributed by atoms with Crippen LogP contribution < -0.4 is 5.32 Å². The van der Waals surface area contributed by atoms with Gasteiger partial charge in [0.15, 0.2) is 5.58 Å². The standard InChI is InChI=1S/C23H16N4O2S/c28-22(25-12-15-5-2-1-3-6-15)16-8-9-20-18(11-16)21(27-29-20)19-14-30-23(26-19)17-7-4-10-24-13-17/h1-11,13-14H,12H2,(H,25,28). The maximum Gasteiger partial charge on any atom is 0.251 e. The van der Waals surface area contributed by atoms with E-state index in [1.807, 2.05) is 47.8 Å². The van der Waals surface area contributed by atoms with Gasteiger partial charge in [-0.15, -0.1) is 11.3 Å². The Bertz CT molecular complexity index is 1310. The molecule has 3 aromatic heterocycles. The van der Waals surface area contributed by atoms with Crippen LogP contribution in [0, 0.1) is 0 Å². The number of carbonyl (C=O) groups excluding carboxylic acids is 1. The molecule has 0 unspecified atom stereocenters. The molecule has 0 aliphatic rings. The first-order chi connectivity index (χ1) is 14.8. The summed E-state index contributed by atoms with van der Waals surface area (Å²) < 4.78 is 5.45. The Labute approximate surface area is 176 Å². The fourth-order valence-corrected chi connectivity index (χ4v) is 3.94. The Morgan fingerprint density at radius 1 is 1.07 bits per heavy atom. The summed E-state index contributed by atoms with van der Waals surface area (Å²) in [5.41, 5.74) is 4.48. The van der Waals surface area contributed by atoms with Gasteiger partial charge in [-0.05, 0) is 35.9 Å². The number of rotatable bonds is 5. The van der Waals surface area contributed by atoms with Crippen molar-refractivity contribution < 1.29 is 9.32 Å². The molecule has 1 amide bonds. The summed E-state index contributed by atoms with van der Waals surface area (Å²) in [6.07, 6.45) is 3.51. The predicted molar refractivity (Wildman–Crippen MR) is 116 cm³/mol. The number of aromatic nitrogens is 3. The average molecular weight is 412 g/mol. The van der Waals surface area contributed by atoms with Crippen LogP contribution in [0.2, 0.25) is 0 Å². The van der Waals surface area contributed by atoms with Gasteiger partial charge in [-0.25, -0.2) is 4.98 Å². The smallest absolute Gasteiger partial charge is 0.251 e. The van der Waals surface area contributed by atoms with Gasteiger partial charge in [-0.2, -0.15) is 0 Å². The Morgan fingerprint density at radius 2 is 1.97 bits per heavy atom. The lowest BCUT2D eigenvalue weighted by Crippen LogP contribution is -2.22. The molecule has 0 saturated carbocycles. The van der Waals surface area contributed by atoms with Crippen LogP contribution in [0.1, 0.15) is 15.9 Å². The quantitative estimate of drug-likeness (QED) is 0.442. The molecule has 5 aromatic rings. The summed E-state index contributed by atoms with van der Waals surface area (Å²) >= 11 is 1.51. The van der Waals surface area contributed by atoms with Gasteiger partial charge < -0.3 is 9.84 Å². The molecule has 0 fully saturated rings. The van der Waals surface area contributed by atoms with Crippen molar-refractivity contribution in [3.05, 3.63) is 89.6 Å². The molecule has 1 N–H and O–H groups in total. The van der Waals surface area contributed by atoms with Crippen LogP contribution in [0.5, 0.6) is 0 Å². The van der Waals surface area contributed by atoms with Gasteiger partial charge in [0.05, 0.1) is 5.39 Å². The minimum Gasteiger partial charge on any atom is -0.356 e. The number of amides is 1. The third-order valence-corrected chi connectivity index (χ3v) is 5.57. The van der Waals surface area contributed by atoms with E-state index in [-0.39, 0.29) is 5.91 Å². The molecule has 3 heterocycles. The molecule has 0 saturated heterocycles. The van der Waals surface area contributed by atoms with E-state index in [1.54, 1.807) is 30.6 Å². The number of nitrogens with one attached hydrogen (secondary N) is 1. The van der Waals surface area contributed by atoms with Crippen molar-refractivity contribution in [2.24, 2.45) is 0 Å². The van der Waals surface area contributed by atoms with Crippen molar-refractivity contribution >= 4 is 28.2 Å². The molecule has 0 aliphatic heterocycles. The number of carbonyl (C=O) groups is 1. The minimum absolute atomic E-state index is 0.151. The first-order valence-electron chi connectivity index (χ1n) is 9.36. The van der Waals surface area contributed by atoms with Gasteiger partial charge in [0.25, 0.3) is 5.91 Å². The van der Waals surface area contributed by atoms with Crippen LogP contribution in [0.15, 0.2) is 83.0 Å². The van der Waals surface area contributed by atoms with Gasteiger partial charge in [0, 0.05) is 35.4 Å². The number of thiazole rings is 1. The largest absolute Gasteiger partial charge is 0.356 e. The third kappa shape index (κ3) is 3.58. The summed E-state index contributed by atoms with van der Waals surface area (Å²) in [6, 6.07) is 18.9. The Kier molecular flexibility index (Phi) is 4.78. The average Bonchev–Trinajstić information content (AvgIpc) is 3.45. The van der Waals surface area contributed by atoms with Crippen LogP contribution in [0.25, 0.3) is 32.9 Å². The van der Waals surface area contributed by atoms with E-state index in [0.717, 1.165) is 21.5 Å². The molecule has 6 nitrogen and oxygen atoms in total. The van der Waals surface area contributed by atoms with E-state index in [2.05, 4.69) is 20.4 Å². The number of nitrogens with zero attached hydrogens (tertiary/aromatic N) is 3. The lowest BCUT2D eigenvalue weighted by atomic mass is 10.1. The van der Waals surface area contributed by atoms with Crippen LogP contribution in [0.3, 0.4) is 0 Å². The monoisotopic (exact) mass is 412 g/mol. The van der Waals surface area contributed by atoms with E-state index in [9.17, 15) is 4.79 Å². The van der Waals surface area contributed by atoms with Gasteiger partial charge in [-0.1, -0.05) is 35.5 Å². The second-order valence-electron chi connectivity index (χ2n) is 6.69. The highest BCUT2D eigenvalue weighted by atomic mass is 32.1. The highest BCUT2D eigenvalue weighted by molar-refractivity contribution is 7.13. The van der Waals surface area contributed by atoms with Gasteiger partial charge >= 0.3 is 0 Å². The van der Waals surface area contributed by atoms with E-state index in [4.69, 9.17) is 4.52 Å². The first kappa shape index (κ1) is 18.2. The van der Waals surface area contributed by atoms with E-state index in [1.165, 1.54) is 11.3 Å². The third-order valence-electron chi connectivity index (χ3n) is 4.68. The number of fused-ring (bicyclic) bond motifs is 1. The molecule has 0 spiro atoms. The summed E-state index contributed by atoms with van der Waals surface area (Å²) in [6.45, 7) is 0.467. The lowest BCUT2D eigenvalue weighted by Gasteiger charge is -2.05. The van der Waals surface area contributed by atoms with Crippen molar-refractivity contribution in [1.82, 2.24) is 20.4 Å². The van der Waals surface area contributed by atoms with Gasteiger partial charge in [0.1, 0.15) is 16.4 Å². The molecule has 2 aromatic carbocycles. The predicted octanol–water partition coefficient (Wildman–Crippen LogP) is 4.94. The molecule has 0 aliphatic carbocycles. The number of hydrogen-bond acceptors (Lipinski definition) is 6.